The molecule has 0 radical (unpaired) electrons. The van der Waals surface area contributed by atoms with Crippen LogP contribution in [0.2, 0.25) is 0 Å². The lowest BCUT2D eigenvalue weighted by Gasteiger charge is -1.98. The molecule has 2 heterocycles. The van der Waals surface area contributed by atoms with E-state index in [9.17, 15) is 4.79 Å². The maximum Gasteiger partial charge on any atom is 0.307 e. The largest absolute Gasteiger partial charge is 0.481 e. The monoisotopic (exact) mass is 180 g/mol. The van der Waals surface area contributed by atoms with Gasteiger partial charge in [0, 0.05) is 24.5 Å². The van der Waals surface area contributed by atoms with Crippen molar-refractivity contribution in [3.63, 3.8) is 0 Å². The Morgan fingerprint density at radius 3 is 3.00 bits per heavy atom. The van der Waals surface area contributed by atoms with Crippen molar-refractivity contribution in [3.05, 3.63) is 22.5 Å². The second kappa shape index (κ2) is 2.88. The Bertz CT molecular complexity index is 355. The quantitative estimate of drug-likeness (QED) is 0.622. The molecule has 0 atom stereocenters. The number of rotatable bonds is 2. The molecule has 0 fully saturated rings. The molecule has 2 rings (SSSR count). The number of aryl methyl sites for hydroxylation is 1. The normalized spacial score (nSPS) is 14.5. The van der Waals surface area contributed by atoms with E-state index in [1.165, 1.54) is 0 Å². The van der Waals surface area contributed by atoms with E-state index in [-0.39, 0.29) is 6.42 Å². The minimum atomic E-state index is -0.767. The molecular formula is C9H12N2O2. The number of nitrogens with one attached hydrogen (secondary N) is 2. The fourth-order valence-electron chi connectivity index (χ4n) is 1.85. The van der Waals surface area contributed by atoms with Crippen molar-refractivity contribution < 1.29 is 9.90 Å². The Morgan fingerprint density at radius 1 is 1.54 bits per heavy atom. The average Bonchev–Trinajstić information content (AvgIpc) is 2.55. The lowest BCUT2D eigenvalue weighted by molar-refractivity contribution is -0.136. The van der Waals surface area contributed by atoms with E-state index in [4.69, 9.17) is 5.11 Å². The maximum atomic E-state index is 10.6. The van der Waals surface area contributed by atoms with Crippen molar-refractivity contribution in [2.45, 2.75) is 26.4 Å². The first-order valence-corrected chi connectivity index (χ1v) is 4.30. The highest BCUT2D eigenvalue weighted by Gasteiger charge is 2.20. The smallest absolute Gasteiger partial charge is 0.307 e. The van der Waals surface area contributed by atoms with Crippen LogP contribution in [0.25, 0.3) is 0 Å². The van der Waals surface area contributed by atoms with Gasteiger partial charge in [0.1, 0.15) is 0 Å². The Balaban J connectivity index is 2.38. The number of carbonyl (C=O) groups is 1. The summed E-state index contributed by atoms with van der Waals surface area (Å²) in [4.78, 5) is 13.8. The predicted octanol–water partition coefficient (Wildman–Crippen LogP) is 0.553. The summed E-state index contributed by atoms with van der Waals surface area (Å²) in [5.74, 6) is -0.767. The number of aliphatic carboxylic acids is 1. The van der Waals surface area contributed by atoms with Crippen LogP contribution in [-0.2, 0) is 24.3 Å². The molecule has 0 amide bonds. The van der Waals surface area contributed by atoms with Gasteiger partial charge < -0.3 is 15.4 Å². The van der Waals surface area contributed by atoms with Gasteiger partial charge in [-0.3, -0.25) is 4.79 Å². The summed E-state index contributed by atoms with van der Waals surface area (Å²) in [5, 5.41) is 11.9. The second-order valence-corrected chi connectivity index (χ2v) is 3.36. The number of hydrogen-bond acceptors (Lipinski definition) is 2. The molecule has 1 aromatic heterocycles. The average molecular weight is 180 g/mol. The molecule has 0 aliphatic carbocycles. The van der Waals surface area contributed by atoms with Gasteiger partial charge in [0.2, 0.25) is 0 Å². The van der Waals surface area contributed by atoms with Crippen LogP contribution in [0.5, 0.6) is 0 Å². The topological polar surface area (TPSA) is 65.1 Å². The number of H-pyrrole nitrogens is 1. The first-order valence-electron chi connectivity index (χ1n) is 4.30. The molecule has 70 valence electrons. The summed E-state index contributed by atoms with van der Waals surface area (Å²) in [6.45, 7) is 3.55. The lowest BCUT2D eigenvalue weighted by Crippen LogP contribution is -2.06. The minimum Gasteiger partial charge on any atom is -0.481 e. The SMILES string of the molecule is Cc1[nH]c2c(c1CC(=O)O)CNC2. The number of carboxylic acid groups (broad SMARTS) is 1. The van der Waals surface area contributed by atoms with Gasteiger partial charge in [0.25, 0.3) is 0 Å². The zero-order chi connectivity index (χ0) is 9.42. The van der Waals surface area contributed by atoms with Crippen molar-refractivity contribution in [1.29, 1.82) is 0 Å². The molecule has 0 unspecified atom stereocenters. The molecule has 1 aromatic rings. The van der Waals surface area contributed by atoms with Gasteiger partial charge in [-0.25, -0.2) is 0 Å². The van der Waals surface area contributed by atoms with Crippen molar-refractivity contribution >= 4 is 5.97 Å². The molecule has 4 nitrogen and oxygen atoms in total. The highest BCUT2D eigenvalue weighted by Crippen LogP contribution is 2.23. The third-order valence-corrected chi connectivity index (χ3v) is 2.45. The van der Waals surface area contributed by atoms with Crippen LogP contribution in [0, 0.1) is 6.92 Å². The number of fused-ring (bicyclic) bond motifs is 1. The minimum absolute atomic E-state index is 0.124. The number of aromatic amines is 1. The maximum absolute atomic E-state index is 10.6. The van der Waals surface area contributed by atoms with E-state index < -0.39 is 5.97 Å². The zero-order valence-electron chi connectivity index (χ0n) is 7.48. The van der Waals surface area contributed by atoms with Crippen LogP contribution in [0.15, 0.2) is 0 Å². The summed E-state index contributed by atoms with van der Waals surface area (Å²) in [6, 6.07) is 0. The van der Waals surface area contributed by atoms with E-state index in [1.54, 1.807) is 0 Å². The molecule has 0 bridgehead atoms. The van der Waals surface area contributed by atoms with Gasteiger partial charge in [-0.05, 0) is 18.1 Å². The van der Waals surface area contributed by atoms with E-state index in [0.29, 0.717) is 0 Å². The van der Waals surface area contributed by atoms with Crippen LogP contribution < -0.4 is 5.32 Å². The highest BCUT2D eigenvalue weighted by atomic mass is 16.4. The van der Waals surface area contributed by atoms with Crippen LogP contribution in [0.3, 0.4) is 0 Å². The molecule has 0 spiro atoms. The van der Waals surface area contributed by atoms with Crippen molar-refractivity contribution in [1.82, 2.24) is 10.3 Å². The Hall–Kier alpha value is -1.29. The Morgan fingerprint density at radius 2 is 2.31 bits per heavy atom. The van der Waals surface area contributed by atoms with Gasteiger partial charge in [-0.2, -0.15) is 0 Å². The van der Waals surface area contributed by atoms with E-state index in [0.717, 1.165) is 35.6 Å². The summed E-state index contributed by atoms with van der Waals surface area (Å²) in [5.41, 5.74) is 4.25. The van der Waals surface area contributed by atoms with E-state index in [1.807, 2.05) is 6.92 Å². The molecule has 4 heteroatoms. The molecule has 13 heavy (non-hydrogen) atoms. The number of carboxylic acids is 1. The fourth-order valence-corrected chi connectivity index (χ4v) is 1.85. The van der Waals surface area contributed by atoms with Gasteiger partial charge >= 0.3 is 5.97 Å². The Kier molecular flexibility index (Phi) is 1.84. The Labute approximate surface area is 76.0 Å². The molecule has 1 aliphatic rings. The third kappa shape index (κ3) is 1.33. The van der Waals surface area contributed by atoms with Gasteiger partial charge in [0.05, 0.1) is 6.42 Å². The highest BCUT2D eigenvalue weighted by molar-refractivity contribution is 5.71. The van der Waals surface area contributed by atoms with Crippen LogP contribution in [0.1, 0.15) is 22.5 Å². The predicted molar refractivity (Wildman–Crippen MR) is 47.4 cm³/mol. The summed E-state index contributed by atoms with van der Waals surface area (Å²) in [6.07, 6.45) is 0.124. The molecule has 0 saturated heterocycles. The summed E-state index contributed by atoms with van der Waals surface area (Å²) < 4.78 is 0. The zero-order valence-corrected chi connectivity index (χ0v) is 7.48. The van der Waals surface area contributed by atoms with Crippen LogP contribution >= 0.6 is 0 Å². The van der Waals surface area contributed by atoms with Crippen LogP contribution in [0.4, 0.5) is 0 Å². The van der Waals surface area contributed by atoms with Crippen LogP contribution in [-0.4, -0.2) is 16.1 Å². The standard InChI is InChI=1S/C9H12N2O2/c1-5-6(2-9(12)13)7-3-10-4-8(7)11-5/h10-11H,2-4H2,1H3,(H,12,13). The van der Waals surface area contributed by atoms with Gasteiger partial charge in [-0.15, -0.1) is 0 Å². The molecule has 0 saturated carbocycles. The molecular weight excluding hydrogens is 168 g/mol. The van der Waals surface area contributed by atoms with Crippen molar-refractivity contribution in [2.24, 2.45) is 0 Å². The summed E-state index contributed by atoms with van der Waals surface area (Å²) >= 11 is 0. The molecule has 1 aliphatic heterocycles. The van der Waals surface area contributed by atoms with Gasteiger partial charge in [-0.1, -0.05) is 0 Å². The molecule has 3 N–H and O–H groups in total. The van der Waals surface area contributed by atoms with E-state index in [2.05, 4.69) is 10.3 Å². The van der Waals surface area contributed by atoms with Crippen molar-refractivity contribution in [3.8, 4) is 0 Å². The summed E-state index contributed by atoms with van der Waals surface area (Å²) in [7, 11) is 0. The fraction of sp³-hybridized carbons (Fsp3) is 0.444. The van der Waals surface area contributed by atoms with Gasteiger partial charge in [0.15, 0.2) is 0 Å². The number of hydrogen-bond donors (Lipinski definition) is 3. The van der Waals surface area contributed by atoms with Crippen molar-refractivity contribution in [2.75, 3.05) is 0 Å². The first-order chi connectivity index (χ1) is 6.18. The first kappa shape index (κ1) is 8.31. The molecule has 0 aromatic carbocycles. The lowest BCUT2D eigenvalue weighted by atomic mass is 10.1. The number of aromatic nitrogens is 1. The third-order valence-electron chi connectivity index (χ3n) is 2.45. The van der Waals surface area contributed by atoms with E-state index >= 15 is 0 Å². The second-order valence-electron chi connectivity index (χ2n) is 3.36.